The summed E-state index contributed by atoms with van der Waals surface area (Å²) in [6.45, 7) is 7.98. The Bertz CT molecular complexity index is 427. The minimum absolute atomic E-state index is 0.232. The van der Waals surface area contributed by atoms with Crippen LogP contribution >= 0.6 is 0 Å². The molecule has 1 aromatic rings. The molecular formula is C14H21NO3. The fourth-order valence-electron chi connectivity index (χ4n) is 1.48. The number of aromatic nitrogens is 1. The predicted molar refractivity (Wildman–Crippen MR) is 70.2 cm³/mol. The Balaban J connectivity index is 3.06. The van der Waals surface area contributed by atoms with Gasteiger partial charge in [-0.1, -0.05) is 20.3 Å². The molecule has 18 heavy (non-hydrogen) atoms. The van der Waals surface area contributed by atoms with Crippen molar-refractivity contribution in [3.63, 3.8) is 0 Å². The number of aromatic carboxylic acids is 1. The van der Waals surface area contributed by atoms with E-state index in [1.54, 1.807) is 6.07 Å². The van der Waals surface area contributed by atoms with Gasteiger partial charge in [0.15, 0.2) is 0 Å². The van der Waals surface area contributed by atoms with E-state index >= 15 is 0 Å². The second-order valence-electron chi connectivity index (χ2n) is 4.96. The van der Waals surface area contributed by atoms with Crippen molar-refractivity contribution in [2.24, 2.45) is 0 Å². The van der Waals surface area contributed by atoms with Crippen molar-refractivity contribution >= 4 is 5.97 Å². The minimum atomic E-state index is -0.950. The third-order valence-corrected chi connectivity index (χ3v) is 2.84. The van der Waals surface area contributed by atoms with Crippen LogP contribution in [0.5, 0.6) is 5.88 Å². The summed E-state index contributed by atoms with van der Waals surface area (Å²) in [6.07, 6.45) is 2.51. The molecule has 1 N–H and O–H groups in total. The highest BCUT2D eigenvalue weighted by molar-refractivity contribution is 5.88. The summed E-state index contributed by atoms with van der Waals surface area (Å²) in [7, 11) is 0. The Morgan fingerprint density at radius 1 is 1.39 bits per heavy atom. The van der Waals surface area contributed by atoms with Crippen molar-refractivity contribution in [3.05, 3.63) is 23.4 Å². The van der Waals surface area contributed by atoms with Crippen molar-refractivity contribution in [1.82, 2.24) is 4.98 Å². The molecule has 0 radical (unpaired) electrons. The van der Waals surface area contributed by atoms with E-state index < -0.39 is 5.97 Å². The number of rotatable bonds is 6. The first-order valence-electron chi connectivity index (χ1n) is 6.31. The predicted octanol–water partition coefficient (Wildman–Crippen LogP) is 3.30. The second-order valence-corrected chi connectivity index (χ2v) is 4.96. The molecule has 4 nitrogen and oxygen atoms in total. The highest BCUT2D eigenvalue weighted by Crippen LogP contribution is 2.21. The lowest BCUT2D eigenvalue weighted by Crippen LogP contribution is -2.27. The van der Waals surface area contributed by atoms with Crippen LogP contribution in [0.1, 0.15) is 56.6 Å². The monoisotopic (exact) mass is 251 g/mol. The lowest BCUT2D eigenvalue weighted by Gasteiger charge is -2.24. The van der Waals surface area contributed by atoms with Gasteiger partial charge < -0.3 is 9.84 Å². The largest absolute Gasteiger partial charge is 0.478 e. The van der Waals surface area contributed by atoms with Gasteiger partial charge in [-0.25, -0.2) is 9.78 Å². The smallest absolute Gasteiger partial charge is 0.335 e. The number of carbonyl (C=O) groups is 1. The van der Waals surface area contributed by atoms with Gasteiger partial charge in [-0.3, -0.25) is 0 Å². The summed E-state index contributed by atoms with van der Waals surface area (Å²) in [5, 5.41) is 9.07. The third-order valence-electron chi connectivity index (χ3n) is 2.84. The molecule has 1 heterocycles. The van der Waals surface area contributed by atoms with Gasteiger partial charge in [-0.2, -0.15) is 0 Å². The molecule has 0 aliphatic carbocycles. The quantitative estimate of drug-likeness (QED) is 0.842. The van der Waals surface area contributed by atoms with E-state index in [4.69, 9.17) is 9.84 Å². The van der Waals surface area contributed by atoms with Crippen LogP contribution in [0.15, 0.2) is 12.1 Å². The van der Waals surface area contributed by atoms with Crippen LogP contribution in [0.3, 0.4) is 0 Å². The molecule has 1 aromatic heterocycles. The molecule has 0 unspecified atom stereocenters. The zero-order valence-electron chi connectivity index (χ0n) is 11.5. The SMILES string of the molecule is CCCc1cc(C(=O)O)cc(OC(C)(C)CC)n1. The molecule has 0 aliphatic rings. The Hall–Kier alpha value is -1.58. The average Bonchev–Trinajstić information content (AvgIpc) is 2.28. The molecule has 0 spiro atoms. The maximum absolute atomic E-state index is 11.1. The van der Waals surface area contributed by atoms with E-state index in [-0.39, 0.29) is 11.2 Å². The van der Waals surface area contributed by atoms with Gasteiger partial charge in [-0.05, 0) is 32.8 Å². The maximum Gasteiger partial charge on any atom is 0.335 e. The molecule has 100 valence electrons. The second kappa shape index (κ2) is 5.85. The maximum atomic E-state index is 11.1. The Kier molecular flexibility index (Phi) is 4.70. The van der Waals surface area contributed by atoms with E-state index in [2.05, 4.69) is 4.98 Å². The molecular weight excluding hydrogens is 230 g/mol. The number of nitrogens with zero attached hydrogens (tertiary/aromatic N) is 1. The number of hydrogen-bond donors (Lipinski definition) is 1. The van der Waals surface area contributed by atoms with Crippen molar-refractivity contribution in [3.8, 4) is 5.88 Å². The van der Waals surface area contributed by atoms with Crippen LogP contribution in [-0.4, -0.2) is 21.7 Å². The van der Waals surface area contributed by atoms with Gasteiger partial charge in [0.1, 0.15) is 5.60 Å². The van der Waals surface area contributed by atoms with E-state index in [0.29, 0.717) is 5.88 Å². The molecule has 1 rings (SSSR count). The molecule has 0 amide bonds. The van der Waals surface area contributed by atoms with Crippen LogP contribution in [0.25, 0.3) is 0 Å². The number of pyridine rings is 1. The van der Waals surface area contributed by atoms with Crippen LogP contribution in [0.2, 0.25) is 0 Å². The summed E-state index contributed by atoms with van der Waals surface area (Å²) in [4.78, 5) is 15.4. The number of hydrogen-bond acceptors (Lipinski definition) is 3. The Morgan fingerprint density at radius 2 is 2.06 bits per heavy atom. The first-order valence-corrected chi connectivity index (χ1v) is 6.31. The first-order chi connectivity index (χ1) is 8.38. The van der Waals surface area contributed by atoms with Crippen LogP contribution in [0.4, 0.5) is 0 Å². The Morgan fingerprint density at radius 3 is 2.56 bits per heavy atom. The van der Waals surface area contributed by atoms with Crippen molar-refractivity contribution < 1.29 is 14.6 Å². The fraction of sp³-hybridized carbons (Fsp3) is 0.571. The van der Waals surface area contributed by atoms with Gasteiger partial charge in [-0.15, -0.1) is 0 Å². The molecule has 0 saturated heterocycles. The van der Waals surface area contributed by atoms with Crippen molar-refractivity contribution in [2.75, 3.05) is 0 Å². The van der Waals surface area contributed by atoms with E-state index in [0.717, 1.165) is 25.0 Å². The lowest BCUT2D eigenvalue weighted by atomic mass is 10.1. The topological polar surface area (TPSA) is 59.4 Å². The number of carboxylic acid groups (broad SMARTS) is 1. The summed E-state index contributed by atoms with van der Waals surface area (Å²) >= 11 is 0. The minimum Gasteiger partial charge on any atom is -0.478 e. The molecule has 0 aliphatic heterocycles. The number of carboxylic acids is 1. The van der Waals surface area contributed by atoms with E-state index in [1.807, 2.05) is 27.7 Å². The van der Waals surface area contributed by atoms with Crippen molar-refractivity contribution in [1.29, 1.82) is 0 Å². The van der Waals surface area contributed by atoms with Gasteiger partial charge in [0, 0.05) is 11.8 Å². The number of aryl methyl sites for hydroxylation is 1. The van der Waals surface area contributed by atoms with Crippen LogP contribution in [0, 0.1) is 0 Å². The molecule has 0 atom stereocenters. The Labute approximate surface area is 108 Å². The summed E-state index contributed by atoms with van der Waals surface area (Å²) < 4.78 is 5.75. The zero-order chi connectivity index (χ0) is 13.8. The third kappa shape index (κ3) is 4.02. The normalized spacial score (nSPS) is 11.3. The average molecular weight is 251 g/mol. The lowest BCUT2D eigenvalue weighted by molar-refractivity contribution is 0.0691. The van der Waals surface area contributed by atoms with Gasteiger partial charge in [0.05, 0.1) is 5.56 Å². The van der Waals surface area contributed by atoms with Crippen molar-refractivity contribution in [2.45, 2.75) is 52.6 Å². The van der Waals surface area contributed by atoms with Gasteiger partial charge in [0.25, 0.3) is 0 Å². The van der Waals surface area contributed by atoms with Crippen LogP contribution in [-0.2, 0) is 6.42 Å². The standard InChI is InChI=1S/C14H21NO3/c1-5-7-11-8-10(13(16)17)9-12(15-11)18-14(3,4)6-2/h8-9H,5-7H2,1-4H3,(H,16,17). The highest BCUT2D eigenvalue weighted by atomic mass is 16.5. The zero-order valence-corrected chi connectivity index (χ0v) is 11.5. The van der Waals surface area contributed by atoms with Crippen LogP contribution < -0.4 is 4.74 Å². The number of ether oxygens (including phenoxy) is 1. The fourth-order valence-corrected chi connectivity index (χ4v) is 1.48. The molecule has 4 heteroatoms. The highest BCUT2D eigenvalue weighted by Gasteiger charge is 2.19. The molecule has 0 aromatic carbocycles. The molecule has 0 saturated carbocycles. The van der Waals surface area contributed by atoms with Gasteiger partial charge in [0.2, 0.25) is 5.88 Å². The summed E-state index contributed by atoms with van der Waals surface area (Å²) in [6, 6.07) is 3.09. The van der Waals surface area contributed by atoms with E-state index in [1.165, 1.54) is 6.07 Å². The summed E-state index contributed by atoms with van der Waals surface area (Å²) in [5.74, 6) is -0.556. The summed E-state index contributed by atoms with van der Waals surface area (Å²) in [5.41, 5.74) is 0.655. The first kappa shape index (κ1) is 14.5. The molecule has 0 fully saturated rings. The molecule has 0 bridgehead atoms. The van der Waals surface area contributed by atoms with E-state index in [9.17, 15) is 4.79 Å². The van der Waals surface area contributed by atoms with Gasteiger partial charge >= 0.3 is 5.97 Å².